The molecule has 2 aromatic rings. The largest absolute Gasteiger partial charge is 0.484 e. The molecule has 6 nitrogen and oxygen atoms in total. The summed E-state index contributed by atoms with van der Waals surface area (Å²) in [7, 11) is 0. The summed E-state index contributed by atoms with van der Waals surface area (Å²) >= 11 is 5.90. The molecule has 0 aromatic heterocycles. The monoisotopic (exact) mass is 455 g/mol. The van der Waals surface area contributed by atoms with E-state index in [0.29, 0.717) is 31.2 Å². The lowest BCUT2D eigenvalue weighted by Gasteiger charge is -2.36. The first-order chi connectivity index (χ1) is 14.7. The van der Waals surface area contributed by atoms with Crippen LogP contribution in [-0.2, 0) is 15.8 Å². The van der Waals surface area contributed by atoms with Crippen molar-refractivity contribution in [2.75, 3.05) is 44.2 Å². The number of piperazine rings is 1. The number of amides is 2. The lowest BCUT2D eigenvalue weighted by molar-refractivity contribution is -0.137. The van der Waals surface area contributed by atoms with Gasteiger partial charge >= 0.3 is 6.18 Å². The maximum absolute atomic E-state index is 12.7. The molecule has 0 aliphatic carbocycles. The molecule has 31 heavy (non-hydrogen) atoms. The van der Waals surface area contributed by atoms with Crippen molar-refractivity contribution in [2.24, 2.45) is 0 Å². The molecule has 1 aliphatic heterocycles. The number of carbonyl (C=O) groups is 2. The van der Waals surface area contributed by atoms with Gasteiger partial charge in [0.15, 0.2) is 6.61 Å². The van der Waals surface area contributed by atoms with Crippen LogP contribution < -0.4 is 15.0 Å². The summed E-state index contributed by atoms with van der Waals surface area (Å²) in [6, 6.07) is 11.7. The summed E-state index contributed by atoms with van der Waals surface area (Å²) in [6.07, 6.45) is -4.49. The Morgan fingerprint density at radius 2 is 1.71 bits per heavy atom. The summed E-state index contributed by atoms with van der Waals surface area (Å²) in [4.78, 5) is 28.0. The van der Waals surface area contributed by atoms with E-state index in [1.807, 2.05) is 24.3 Å². The van der Waals surface area contributed by atoms with Gasteiger partial charge in [-0.3, -0.25) is 9.59 Å². The second kappa shape index (κ2) is 9.91. The quantitative estimate of drug-likeness (QED) is 0.726. The number of hydrogen-bond donors (Lipinski definition) is 1. The normalized spacial score (nSPS) is 14.3. The third-order valence-corrected chi connectivity index (χ3v) is 5.04. The van der Waals surface area contributed by atoms with Gasteiger partial charge in [-0.25, -0.2) is 0 Å². The Morgan fingerprint density at radius 1 is 1.03 bits per heavy atom. The van der Waals surface area contributed by atoms with Crippen LogP contribution in [0.1, 0.15) is 5.56 Å². The number of anilines is 1. The molecule has 1 heterocycles. The summed E-state index contributed by atoms with van der Waals surface area (Å²) in [5.74, 6) is -0.900. The molecular weight excluding hydrogens is 435 g/mol. The number of nitrogens with one attached hydrogen (secondary N) is 1. The Labute approximate surface area is 182 Å². The van der Waals surface area contributed by atoms with Crippen LogP contribution in [0.3, 0.4) is 0 Å². The van der Waals surface area contributed by atoms with E-state index in [4.69, 9.17) is 16.3 Å². The fourth-order valence-electron chi connectivity index (χ4n) is 3.11. The highest BCUT2D eigenvalue weighted by atomic mass is 35.5. The SMILES string of the molecule is O=C(COc1cccc(C(F)(F)F)c1)NCC(=O)N1CCN(c2ccc(Cl)cc2)CC1. The Hall–Kier alpha value is -2.94. The van der Waals surface area contributed by atoms with Gasteiger partial charge in [-0.2, -0.15) is 13.2 Å². The number of alkyl halides is 3. The Morgan fingerprint density at radius 3 is 2.35 bits per heavy atom. The third-order valence-electron chi connectivity index (χ3n) is 4.79. The van der Waals surface area contributed by atoms with E-state index < -0.39 is 24.3 Å². The smallest absolute Gasteiger partial charge is 0.416 e. The Bertz CT molecular complexity index is 914. The van der Waals surface area contributed by atoms with Gasteiger partial charge in [-0.05, 0) is 42.5 Å². The molecule has 0 atom stereocenters. The number of nitrogens with zero attached hydrogens (tertiary/aromatic N) is 2. The van der Waals surface area contributed by atoms with Gasteiger partial charge in [-0.1, -0.05) is 17.7 Å². The summed E-state index contributed by atoms with van der Waals surface area (Å²) < 4.78 is 43.2. The van der Waals surface area contributed by atoms with E-state index >= 15 is 0 Å². The average Bonchev–Trinajstić information content (AvgIpc) is 2.76. The number of halogens is 4. The molecule has 3 rings (SSSR count). The van der Waals surface area contributed by atoms with Crippen LogP contribution in [0, 0.1) is 0 Å². The summed E-state index contributed by atoms with van der Waals surface area (Å²) in [5.41, 5.74) is 0.162. The van der Waals surface area contributed by atoms with Gasteiger partial charge in [0.2, 0.25) is 5.91 Å². The zero-order valence-corrected chi connectivity index (χ0v) is 17.2. The highest BCUT2D eigenvalue weighted by molar-refractivity contribution is 6.30. The minimum Gasteiger partial charge on any atom is -0.484 e. The van der Waals surface area contributed by atoms with Crippen LogP contribution in [-0.4, -0.2) is 56.0 Å². The van der Waals surface area contributed by atoms with Crippen molar-refractivity contribution in [2.45, 2.75) is 6.18 Å². The summed E-state index contributed by atoms with van der Waals surface area (Å²) in [5, 5.41) is 3.10. The van der Waals surface area contributed by atoms with Crippen LogP contribution in [0.5, 0.6) is 5.75 Å². The number of rotatable bonds is 6. The van der Waals surface area contributed by atoms with Gasteiger partial charge < -0.3 is 19.9 Å². The van der Waals surface area contributed by atoms with Crippen molar-refractivity contribution in [1.82, 2.24) is 10.2 Å². The van der Waals surface area contributed by atoms with E-state index in [1.165, 1.54) is 12.1 Å². The molecule has 0 unspecified atom stereocenters. The molecule has 166 valence electrons. The van der Waals surface area contributed by atoms with Gasteiger partial charge in [0.1, 0.15) is 5.75 Å². The van der Waals surface area contributed by atoms with Crippen LogP contribution >= 0.6 is 11.6 Å². The summed E-state index contributed by atoms with van der Waals surface area (Å²) in [6.45, 7) is 1.64. The fraction of sp³-hybridized carbons (Fsp3) is 0.333. The van der Waals surface area contributed by atoms with Crippen LogP contribution in [0.15, 0.2) is 48.5 Å². The molecule has 1 aliphatic rings. The Kier molecular flexibility index (Phi) is 7.27. The van der Waals surface area contributed by atoms with Crippen molar-refractivity contribution in [3.05, 3.63) is 59.1 Å². The molecule has 1 N–H and O–H groups in total. The second-order valence-corrected chi connectivity index (χ2v) is 7.37. The van der Waals surface area contributed by atoms with Crippen LogP contribution in [0.2, 0.25) is 5.02 Å². The molecule has 2 amide bonds. The lowest BCUT2D eigenvalue weighted by atomic mass is 10.2. The maximum atomic E-state index is 12.7. The molecule has 0 bridgehead atoms. The van der Waals surface area contributed by atoms with Crippen molar-refractivity contribution >= 4 is 29.1 Å². The van der Waals surface area contributed by atoms with Crippen molar-refractivity contribution in [3.8, 4) is 5.75 Å². The molecule has 2 aromatic carbocycles. The highest BCUT2D eigenvalue weighted by Gasteiger charge is 2.30. The van der Waals surface area contributed by atoms with Gasteiger partial charge in [0, 0.05) is 36.9 Å². The average molecular weight is 456 g/mol. The predicted molar refractivity (Wildman–Crippen MR) is 110 cm³/mol. The first kappa shape index (κ1) is 22.7. The van der Waals surface area contributed by atoms with Crippen LogP contribution in [0.25, 0.3) is 0 Å². The minimum absolute atomic E-state index is 0.0744. The van der Waals surface area contributed by atoms with Gasteiger partial charge in [-0.15, -0.1) is 0 Å². The van der Waals surface area contributed by atoms with E-state index in [2.05, 4.69) is 10.2 Å². The second-order valence-electron chi connectivity index (χ2n) is 6.94. The molecule has 1 fully saturated rings. The van der Waals surface area contributed by atoms with Crippen LogP contribution in [0.4, 0.5) is 18.9 Å². The molecule has 0 spiro atoms. The van der Waals surface area contributed by atoms with Crippen molar-refractivity contribution in [1.29, 1.82) is 0 Å². The number of ether oxygens (including phenoxy) is 1. The first-order valence-electron chi connectivity index (χ1n) is 9.57. The molecular formula is C21H21ClF3N3O3. The predicted octanol–water partition coefficient (Wildman–Crippen LogP) is 3.20. The fourth-order valence-corrected chi connectivity index (χ4v) is 3.24. The van der Waals surface area contributed by atoms with E-state index in [1.54, 1.807) is 4.90 Å². The Balaban J connectivity index is 1.40. The molecule has 10 heteroatoms. The van der Waals surface area contributed by atoms with Crippen molar-refractivity contribution < 1.29 is 27.5 Å². The molecule has 0 radical (unpaired) electrons. The van der Waals surface area contributed by atoms with E-state index in [9.17, 15) is 22.8 Å². The zero-order valence-electron chi connectivity index (χ0n) is 16.5. The number of hydrogen-bond acceptors (Lipinski definition) is 4. The topological polar surface area (TPSA) is 61.9 Å². The van der Waals surface area contributed by atoms with E-state index in [-0.39, 0.29) is 18.2 Å². The zero-order chi connectivity index (χ0) is 22.4. The third kappa shape index (κ3) is 6.52. The minimum atomic E-state index is -4.49. The standard InChI is InChI=1S/C21H21ClF3N3O3/c22-16-4-6-17(7-5-16)27-8-10-28(11-9-27)20(30)13-26-19(29)14-31-18-3-1-2-15(12-18)21(23,24)25/h1-7,12H,8-11,13-14H2,(H,26,29). The first-order valence-corrected chi connectivity index (χ1v) is 9.95. The van der Waals surface area contributed by atoms with Gasteiger partial charge in [0.25, 0.3) is 5.91 Å². The van der Waals surface area contributed by atoms with Crippen molar-refractivity contribution in [3.63, 3.8) is 0 Å². The lowest BCUT2D eigenvalue weighted by Crippen LogP contribution is -2.51. The maximum Gasteiger partial charge on any atom is 0.416 e. The molecule has 1 saturated heterocycles. The number of benzene rings is 2. The molecule has 0 saturated carbocycles. The van der Waals surface area contributed by atoms with E-state index in [0.717, 1.165) is 17.8 Å². The highest BCUT2D eigenvalue weighted by Crippen LogP contribution is 2.31. The number of carbonyl (C=O) groups excluding carboxylic acids is 2. The van der Waals surface area contributed by atoms with Gasteiger partial charge in [0.05, 0.1) is 12.1 Å².